The third kappa shape index (κ3) is 2.10. The van der Waals surface area contributed by atoms with Gasteiger partial charge in [-0.15, -0.1) is 0 Å². The predicted molar refractivity (Wildman–Crippen MR) is 59.2 cm³/mol. The van der Waals surface area contributed by atoms with Gasteiger partial charge in [0.15, 0.2) is 5.75 Å². The Balaban J connectivity index is 2.22. The van der Waals surface area contributed by atoms with E-state index in [1.54, 1.807) is 23.3 Å². The van der Waals surface area contributed by atoms with Gasteiger partial charge in [-0.1, -0.05) is 0 Å². The van der Waals surface area contributed by atoms with Gasteiger partial charge in [0.25, 0.3) is 0 Å². The van der Waals surface area contributed by atoms with Crippen LogP contribution >= 0.6 is 0 Å². The molecule has 6 nitrogen and oxygen atoms in total. The van der Waals surface area contributed by atoms with Crippen LogP contribution in [-0.2, 0) is 6.54 Å². The van der Waals surface area contributed by atoms with Crippen LogP contribution in [0.3, 0.4) is 0 Å². The van der Waals surface area contributed by atoms with Gasteiger partial charge in [-0.25, -0.2) is 4.98 Å². The molecule has 6 heteroatoms. The molecule has 0 atom stereocenters. The van der Waals surface area contributed by atoms with Crippen molar-refractivity contribution < 1.29 is 4.74 Å². The molecule has 0 aliphatic carbocycles. The minimum Gasteiger partial charge on any atom is -0.435 e. The average Bonchev–Trinajstić information content (AvgIpc) is 2.71. The predicted octanol–water partition coefficient (Wildman–Crippen LogP) is 1.38. The van der Waals surface area contributed by atoms with Gasteiger partial charge >= 0.3 is 0 Å². The number of nitrogen functional groups attached to an aromatic ring is 1. The summed E-state index contributed by atoms with van der Waals surface area (Å²) in [6.07, 6.45) is 5.07. The fraction of sp³-hybridized carbons (Fsp3) is 0.300. The van der Waals surface area contributed by atoms with Crippen molar-refractivity contribution in [2.75, 3.05) is 5.73 Å². The average molecular weight is 219 g/mol. The zero-order valence-electron chi connectivity index (χ0n) is 9.21. The molecule has 16 heavy (non-hydrogen) atoms. The van der Waals surface area contributed by atoms with E-state index in [0.717, 1.165) is 12.1 Å². The van der Waals surface area contributed by atoms with Crippen LogP contribution in [0.1, 0.15) is 12.5 Å². The van der Waals surface area contributed by atoms with Crippen LogP contribution < -0.4 is 10.5 Å². The van der Waals surface area contributed by atoms with Crippen molar-refractivity contribution in [1.82, 2.24) is 19.7 Å². The Kier molecular flexibility index (Phi) is 2.72. The van der Waals surface area contributed by atoms with Crippen molar-refractivity contribution in [3.63, 3.8) is 0 Å². The van der Waals surface area contributed by atoms with Crippen molar-refractivity contribution >= 4 is 5.95 Å². The normalized spacial score (nSPS) is 10.4. The Labute approximate surface area is 93.1 Å². The maximum atomic E-state index is 5.56. The molecule has 0 spiro atoms. The first-order valence-corrected chi connectivity index (χ1v) is 4.98. The van der Waals surface area contributed by atoms with Gasteiger partial charge in [0.1, 0.15) is 0 Å². The SMILES string of the molecule is CCn1cc(Oc2nc(N)ncc2C)cn1. The first-order chi connectivity index (χ1) is 7.69. The Morgan fingerprint density at radius 3 is 2.94 bits per heavy atom. The lowest BCUT2D eigenvalue weighted by Gasteiger charge is -2.04. The van der Waals surface area contributed by atoms with Crippen molar-refractivity contribution in [1.29, 1.82) is 0 Å². The molecule has 0 bridgehead atoms. The summed E-state index contributed by atoms with van der Waals surface area (Å²) in [5, 5.41) is 4.10. The fourth-order valence-electron chi connectivity index (χ4n) is 1.22. The van der Waals surface area contributed by atoms with E-state index < -0.39 is 0 Å². The molecule has 0 fully saturated rings. The molecule has 2 heterocycles. The second kappa shape index (κ2) is 4.18. The van der Waals surface area contributed by atoms with Crippen LogP contribution in [0.25, 0.3) is 0 Å². The van der Waals surface area contributed by atoms with E-state index in [1.165, 1.54) is 0 Å². The smallest absolute Gasteiger partial charge is 0.227 e. The number of anilines is 1. The maximum absolute atomic E-state index is 5.56. The third-order valence-electron chi connectivity index (χ3n) is 2.09. The largest absolute Gasteiger partial charge is 0.435 e. The van der Waals surface area contributed by atoms with E-state index >= 15 is 0 Å². The highest BCUT2D eigenvalue weighted by molar-refractivity contribution is 5.32. The van der Waals surface area contributed by atoms with E-state index in [4.69, 9.17) is 10.5 Å². The van der Waals surface area contributed by atoms with Gasteiger partial charge in [-0.3, -0.25) is 4.68 Å². The van der Waals surface area contributed by atoms with Crippen LogP contribution in [0.2, 0.25) is 0 Å². The third-order valence-corrected chi connectivity index (χ3v) is 2.09. The molecule has 0 saturated heterocycles. The second-order valence-electron chi connectivity index (χ2n) is 3.35. The number of aryl methyl sites for hydroxylation is 2. The Morgan fingerprint density at radius 2 is 2.25 bits per heavy atom. The molecule has 0 unspecified atom stereocenters. The van der Waals surface area contributed by atoms with Gasteiger partial charge in [0.2, 0.25) is 11.8 Å². The number of nitrogens with two attached hydrogens (primary N) is 1. The Hall–Kier alpha value is -2.11. The zero-order chi connectivity index (χ0) is 11.5. The lowest BCUT2D eigenvalue weighted by Crippen LogP contribution is -1.98. The van der Waals surface area contributed by atoms with Crippen molar-refractivity contribution in [2.45, 2.75) is 20.4 Å². The highest BCUT2D eigenvalue weighted by Crippen LogP contribution is 2.21. The number of aromatic nitrogens is 4. The number of rotatable bonds is 3. The summed E-state index contributed by atoms with van der Waals surface area (Å²) in [7, 11) is 0. The monoisotopic (exact) mass is 219 g/mol. The lowest BCUT2D eigenvalue weighted by molar-refractivity contribution is 0.457. The highest BCUT2D eigenvalue weighted by atomic mass is 16.5. The summed E-state index contributed by atoms with van der Waals surface area (Å²) in [5.41, 5.74) is 6.32. The molecule has 0 saturated carbocycles. The number of nitrogens with zero attached hydrogens (tertiary/aromatic N) is 4. The Bertz CT molecular complexity index is 494. The molecule has 0 aromatic carbocycles. The fourth-order valence-corrected chi connectivity index (χ4v) is 1.22. The molecular formula is C10H13N5O. The molecule has 0 aliphatic rings. The van der Waals surface area contributed by atoms with Crippen LogP contribution in [0.5, 0.6) is 11.6 Å². The molecule has 0 aliphatic heterocycles. The van der Waals surface area contributed by atoms with Gasteiger partial charge in [-0.2, -0.15) is 10.1 Å². The highest BCUT2D eigenvalue weighted by Gasteiger charge is 2.06. The van der Waals surface area contributed by atoms with Crippen LogP contribution in [0.4, 0.5) is 5.95 Å². The second-order valence-corrected chi connectivity index (χ2v) is 3.35. The first kappa shape index (κ1) is 10.4. The van der Waals surface area contributed by atoms with Crippen LogP contribution in [0.15, 0.2) is 18.6 Å². The van der Waals surface area contributed by atoms with Gasteiger partial charge in [0, 0.05) is 18.3 Å². The quantitative estimate of drug-likeness (QED) is 0.843. The van der Waals surface area contributed by atoms with E-state index in [2.05, 4.69) is 15.1 Å². The molecule has 84 valence electrons. The van der Waals surface area contributed by atoms with Crippen molar-refractivity contribution in [3.8, 4) is 11.6 Å². The molecule has 2 rings (SSSR count). The summed E-state index contributed by atoms with van der Waals surface area (Å²) < 4.78 is 7.33. The zero-order valence-corrected chi connectivity index (χ0v) is 9.21. The first-order valence-electron chi connectivity index (χ1n) is 4.98. The lowest BCUT2D eigenvalue weighted by atomic mass is 10.4. The van der Waals surface area contributed by atoms with Gasteiger partial charge < -0.3 is 10.5 Å². The van der Waals surface area contributed by atoms with E-state index in [0.29, 0.717) is 11.6 Å². The van der Waals surface area contributed by atoms with Crippen LogP contribution in [-0.4, -0.2) is 19.7 Å². The summed E-state index contributed by atoms with van der Waals surface area (Å²) in [6.45, 7) is 4.66. The topological polar surface area (TPSA) is 78.9 Å². The van der Waals surface area contributed by atoms with Crippen molar-refractivity contribution in [2.24, 2.45) is 0 Å². The van der Waals surface area contributed by atoms with Crippen molar-refractivity contribution in [3.05, 3.63) is 24.2 Å². The number of hydrogen-bond donors (Lipinski definition) is 1. The van der Waals surface area contributed by atoms with Gasteiger partial charge in [0.05, 0.1) is 12.4 Å². The summed E-state index contributed by atoms with van der Waals surface area (Å²) >= 11 is 0. The van der Waals surface area contributed by atoms with E-state index in [9.17, 15) is 0 Å². The minimum absolute atomic E-state index is 0.198. The summed E-state index contributed by atoms with van der Waals surface area (Å²) in [5.74, 6) is 1.30. The van der Waals surface area contributed by atoms with Gasteiger partial charge in [-0.05, 0) is 13.8 Å². The summed E-state index contributed by atoms with van der Waals surface area (Å²) in [4.78, 5) is 7.88. The van der Waals surface area contributed by atoms with E-state index in [1.807, 2.05) is 13.8 Å². The summed E-state index contributed by atoms with van der Waals surface area (Å²) in [6, 6.07) is 0. The molecule has 2 aromatic heterocycles. The Morgan fingerprint density at radius 1 is 1.44 bits per heavy atom. The molecular weight excluding hydrogens is 206 g/mol. The molecule has 2 N–H and O–H groups in total. The van der Waals surface area contributed by atoms with E-state index in [-0.39, 0.29) is 5.95 Å². The maximum Gasteiger partial charge on any atom is 0.227 e. The minimum atomic E-state index is 0.198. The molecule has 0 amide bonds. The number of hydrogen-bond acceptors (Lipinski definition) is 5. The molecule has 0 radical (unpaired) electrons. The standard InChI is InChI=1S/C10H13N5O/c1-3-15-6-8(5-13-15)16-9-7(2)4-12-10(11)14-9/h4-6H,3H2,1-2H3,(H2,11,12,14). The molecule has 2 aromatic rings. The van der Waals surface area contributed by atoms with Crippen LogP contribution in [0, 0.1) is 6.92 Å². The number of ether oxygens (including phenoxy) is 1.